The third kappa shape index (κ3) is 3.35. The lowest BCUT2D eigenvalue weighted by Gasteiger charge is -2.36. The number of nitrogens with zero attached hydrogens (tertiary/aromatic N) is 2. The smallest absolute Gasteiger partial charge is 0.254 e. The fraction of sp³-hybridized carbons (Fsp3) is 0.529. The maximum atomic E-state index is 12.5. The maximum Gasteiger partial charge on any atom is 0.254 e. The first-order valence-corrected chi connectivity index (χ1v) is 8.78. The van der Waals surface area contributed by atoms with Crippen LogP contribution < -0.4 is 0 Å². The molecule has 2 aliphatic rings. The van der Waals surface area contributed by atoms with E-state index in [1.165, 1.54) is 12.8 Å². The molecule has 1 heterocycles. The topological polar surface area (TPSA) is 40.6 Å². The number of hydrogen-bond donors (Lipinski definition) is 0. The summed E-state index contributed by atoms with van der Waals surface area (Å²) in [5, 5.41) is 0. The zero-order valence-electron chi connectivity index (χ0n) is 12.6. The lowest BCUT2D eigenvalue weighted by molar-refractivity contribution is -0.136. The number of carbonyl (C=O) groups is 2. The summed E-state index contributed by atoms with van der Waals surface area (Å²) in [6, 6.07) is 7.47. The van der Waals surface area contributed by atoms with E-state index in [1.54, 1.807) is 0 Å². The first-order valence-electron chi connectivity index (χ1n) is 7.99. The molecule has 1 aliphatic carbocycles. The molecule has 0 N–H and O–H groups in total. The summed E-state index contributed by atoms with van der Waals surface area (Å²) in [5.74, 6) is 0.577. The van der Waals surface area contributed by atoms with Gasteiger partial charge in [-0.25, -0.2) is 0 Å². The van der Waals surface area contributed by atoms with Crippen molar-refractivity contribution in [3.05, 3.63) is 34.3 Å². The van der Waals surface area contributed by atoms with Crippen LogP contribution in [0.25, 0.3) is 0 Å². The first-order chi connectivity index (χ1) is 10.6. The molecule has 3 rings (SSSR count). The predicted octanol–water partition coefficient (Wildman–Crippen LogP) is 2.92. The maximum absolute atomic E-state index is 12.5. The molecule has 1 aromatic rings. The average molecular weight is 365 g/mol. The van der Waals surface area contributed by atoms with E-state index in [1.807, 2.05) is 34.1 Å². The molecular formula is C17H21BrN2O2. The van der Waals surface area contributed by atoms with Crippen molar-refractivity contribution in [1.82, 2.24) is 9.80 Å². The van der Waals surface area contributed by atoms with E-state index in [-0.39, 0.29) is 11.8 Å². The van der Waals surface area contributed by atoms with Crippen molar-refractivity contribution in [1.29, 1.82) is 0 Å². The first kappa shape index (κ1) is 15.5. The van der Waals surface area contributed by atoms with E-state index in [2.05, 4.69) is 15.9 Å². The number of piperazine rings is 1. The number of hydrogen-bond acceptors (Lipinski definition) is 2. The summed E-state index contributed by atoms with van der Waals surface area (Å²) in [6.07, 6.45) is 4.43. The van der Waals surface area contributed by atoms with E-state index < -0.39 is 0 Å². The van der Waals surface area contributed by atoms with Gasteiger partial charge in [0.05, 0.1) is 0 Å². The van der Waals surface area contributed by atoms with Gasteiger partial charge in [-0.05, 0) is 31.0 Å². The molecule has 0 radical (unpaired) electrons. The second-order valence-electron chi connectivity index (χ2n) is 6.11. The van der Waals surface area contributed by atoms with Crippen LogP contribution in [-0.4, -0.2) is 47.8 Å². The lowest BCUT2D eigenvalue weighted by atomic mass is 10.1. The Bertz CT molecular complexity index is 562. The third-order valence-corrected chi connectivity index (χ3v) is 5.15. The molecule has 1 aromatic carbocycles. The number of amides is 2. The molecule has 4 nitrogen and oxygen atoms in total. The Labute approximate surface area is 139 Å². The standard InChI is InChI=1S/C17H21BrN2O2/c18-15-7-3-6-14(12-15)17(22)20-10-8-19(9-11-20)16(21)13-4-1-2-5-13/h3,6-7,12-13H,1-2,4-5,8-11H2. The molecule has 0 aromatic heterocycles. The minimum Gasteiger partial charge on any atom is -0.339 e. The molecule has 22 heavy (non-hydrogen) atoms. The molecule has 2 amide bonds. The van der Waals surface area contributed by atoms with Crippen LogP contribution in [-0.2, 0) is 4.79 Å². The quantitative estimate of drug-likeness (QED) is 0.809. The number of rotatable bonds is 2. The molecule has 118 valence electrons. The molecular weight excluding hydrogens is 344 g/mol. The molecule has 1 saturated heterocycles. The highest BCUT2D eigenvalue weighted by Gasteiger charge is 2.30. The SMILES string of the molecule is O=C(c1cccc(Br)c1)N1CCN(C(=O)C2CCCC2)CC1. The van der Waals surface area contributed by atoms with Gasteiger partial charge in [-0.15, -0.1) is 0 Å². The largest absolute Gasteiger partial charge is 0.339 e. The summed E-state index contributed by atoms with van der Waals surface area (Å²) in [6.45, 7) is 2.58. The monoisotopic (exact) mass is 364 g/mol. The molecule has 1 saturated carbocycles. The van der Waals surface area contributed by atoms with E-state index in [0.29, 0.717) is 37.6 Å². The van der Waals surface area contributed by atoms with Gasteiger partial charge in [-0.2, -0.15) is 0 Å². The second-order valence-corrected chi connectivity index (χ2v) is 7.02. The Morgan fingerprint density at radius 3 is 2.27 bits per heavy atom. The van der Waals surface area contributed by atoms with Crippen LogP contribution >= 0.6 is 15.9 Å². The number of benzene rings is 1. The van der Waals surface area contributed by atoms with Gasteiger partial charge in [-0.3, -0.25) is 9.59 Å². The highest BCUT2D eigenvalue weighted by atomic mass is 79.9. The van der Waals surface area contributed by atoms with Crippen molar-refractivity contribution < 1.29 is 9.59 Å². The van der Waals surface area contributed by atoms with Gasteiger partial charge in [-0.1, -0.05) is 34.8 Å². The Hall–Kier alpha value is -1.36. The normalized spacial score (nSPS) is 19.5. The highest BCUT2D eigenvalue weighted by molar-refractivity contribution is 9.10. The van der Waals surface area contributed by atoms with E-state index in [9.17, 15) is 9.59 Å². The van der Waals surface area contributed by atoms with Crippen LogP contribution in [0.4, 0.5) is 0 Å². The predicted molar refractivity (Wildman–Crippen MR) is 88.6 cm³/mol. The molecule has 0 spiro atoms. The van der Waals surface area contributed by atoms with Gasteiger partial charge in [0, 0.05) is 42.1 Å². The van der Waals surface area contributed by atoms with Gasteiger partial charge in [0.15, 0.2) is 0 Å². The molecule has 0 atom stereocenters. The lowest BCUT2D eigenvalue weighted by Crippen LogP contribution is -2.51. The van der Waals surface area contributed by atoms with Crippen molar-refractivity contribution in [2.24, 2.45) is 5.92 Å². The van der Waals surface area contributed by atoms with Gasteiger partial charge in [0.1, 0.15) is 0 Å². The fourth-order valence-electron chi connectivity index (χ4n) is 3.36. The summed E-state index contributed by atoms with van der Waals surface area (Å²) in [5.41, 5.74) is 0.699. The summed E-state index contributed by atoms with van der Waals surface area (Å²) >= 11 is 3.40. The minimum absolute atomic E-state index is 0.0502. The fourth-order valence-corrected chi connectivity index (χ4v) is 3.76. The van der Waals surface area contributed by atoms with E-state index in [4.69, 9.17) is 0 Å². The Balaban J connectivity index is 1.57. The highest BCUT2D eigenvalue weighted by Crippen LogP contribution is 2.27. The van der Waals surface area contributed by atoms with Gasteiger partial charge in [0.2, 0.25) is 5.91 Å². The number of carbonyl (C=O) groups excluding carboxylic acids is 2. The zero-order chi connectivity index (χ0) is 15.5. The Kier molecular flexibility index (Phi) is 4.81. The third-order valence-electron chi connectivity index (χ3n) is 4.65. The van der Waals surface area contributed by atoms with Gasteiger partial charge < -0.3 is 9.80 Å². The molecule has 5 heteroatoms. The number of halogens is 1. The minimum atomic E-state index is 0.0502. The molecule has 0 bridgehead atoms. The van der Waals surface area contributed by atoms with Crippen LogP contribution in [0.3, 0.4) is 0 Å². The van der Waals surface area contributed by atoms with Crippen LogP contribution in [0, 0.1) is 5.92 Å². The molecule has 1 aliphatic heterocycles. The van der Waals surface area contributed by atoms with Crippen molar-refractivity contribution in [3.63, 3.8) is 0 Å². The Morgan fingerprint density at radius 1 is 1.00 bits per heavy atom. The van der Waals surface area contributed by atoms with Crippen molar-refractivity contribution in [3.8, 4) is 0 Å². The molecule has 0 unspecified atom stereocenters. The van der Waals surface area contributed by atoms with E-state index >= 15 is 0 Å². The summed E-state index contributed by atoms with van der Waals surface area (Å²) in [4.78, 5) is 28.7. The van der Waals surface area contributed by atoms with Gasteiger partial charge in [0.25, 0.3) is 5.91 Å². The van der Waals surface area contributed by atoms with E-state index in [0.717, 1.165) is 17.3 Å². The van der Waals surface area contributed by atoms with Crippen LogP contribution in [0.2, 0.25) is 0 Å². The van der Waals surface area contributed by atoms with Crippen molar-refractivity contribution in [2.45, 2.75) is 25.7 Å². The average Bonchev–Trinajstić information content (AvgIpc) is 3.08. The molecule has 2 fully saturated rings. The van der Waals surface area contributed by atoms with Gasteiger partial charge >= 0.3 is 0 Å². The van der Waals surface area contributed by atoms with Crippen LogP contribution in [0.1, 0.15) is 36.0 Å². The summed E-state index contributed by atoms with van der Waals surface area (Å²) in [7, 11) is 0. The second kappa shape index (κ2) is 6.82. The van der Waals surface area contributed by atoms with Crippen molar-refractivity contribution in [2.75, 3.05) is 26.2 Å². The zero-order valence-corrected chi connectivity index (χ0v) is 14.2. The summed E-state index contributed by atoms with van der Waals surface area (Å²) < 4.78 is 0.911. The van der Waals surface area contributed by atoms with Crippen LogP contribution in [0.15, 0.2) is 28.7 Å². The van der Waals surface area contributed by atoms with Crippen molar-refractivity contribution >= 4 is 27.7 Å². The van der Waals surface area contributed by atoms with Crippen LogP contribution in [0.5, 0.6) is 0 Å². The Morgan fingerprint density at radius 2 is 1.64 bits per heavy atom.